The van der Waals surface area contributed by atoms with E-state index in [1.165, 1.54) is 19.3 Å². The Hall–Kier alpha value is -0.900. The van der Waals surface area contributed by atoms with Gasteiger partial charge in [-0.15, -0.1) is 0 Å². The summed E-state index contributed by atoms with van der Waals surface area (Å²) in [5, 5.41) is 0. The van der Waals surface area contributed by atoms with E-state index >= 15 is 0 Å². The second-order valence-corrected chi connectivity index (χ2v) is 11.6. The summed E-state index contributed by atoms with van der Waals surface area (Å²) in [5.41, 5.74) is 0.346. The van der Waals surface area contributed by atoms with Crippen LogP contribution in [-0.4, -0.2) is 30.1 Å². The van der Waals surface area contributed by atoms with Crippen LogP contribution in [0.4, 0.5) is 0 Å². The lowest BCUT2D eigenvalue weighted by Gasteiger charge is -2.62. The predicted octanol–water partition coefficient (Wildman–Crippen LogP) is 4.79. The first-order valence-corrected chi connectivity index (χ1v) is 12.0. The third-order valence-electron chi connectivity index (χ3n) is 10.5. The first-order chi connectivity index (χ1) is 13.7. The molecule has 0 radical (unpaired) electrons. The Labute approximate surface area is 175 Å². The number of Topliss-reactive ketones (excluding diaryl/α,β-unsaturated/α-hetero) is 1. The molecule has 0 N–H and O–H groups in total. The van der Waals surface area contributed by atoms with Gasteiger partial charge in [0.2, 0.25) is 0 Å². The molecule has 5 aliphatic rings. The molecule has 0 aromatic heterocycles. The number of carbonyl (C=O) groups excluding carboxylic acids is 2. The van der Waals surface area contributed by atoms with E-state index < -0.39 is 0 Å². The van der Waals surface area contributed by atoms with Crippen LogP contribution in [0.1, 0.15) is 79.6 Å². The number of ether oxygens (including phenoxy) is 2. The topological polar surface area (TPSA) is 55.9 Å². The van der Waals surface area contributed by atoms with E-state index in [-0.39, 0.29) is 22.9 Å². The van der Waals surface area contributed by atoms with Crippen LogP contribution in [0.2, 0.25) is 0 Å². The summed E-state index contributed by atoms with van der Waals surface area (Å²) in [4.78, 5) is 24.2. The van der Waals surface area contributed by atoms with Gasteiger partial charge < -0.3 is 9.47 Å². The lowest BCUT2D eigenvalue weighted by Crippen LogP contribution is -2.57. The number of esters is 1. The van der Waals surface area contributed by atoms with Crippen molar-refractivity contribution in [1.29, 1.82) is 0 Å². The molecule has 0 aromatic carbocycles. The van der Waals surface area contributed by atoms with Gasteiger partial charge in [0, 0.05) is 25.2 Å². The minimum atomic E-state index is -0.141. The zero-order valence-electron chi connectivity index (χ0n) is 18.8. The van der Waals surface area contributed by atoms with Crippen molar-refractivity contribution in [2.24, 2.45) is 46.3 Å². The smallest absolute Gasteiger partial charge is 0.302 e. The summed E-state index contributed by atoms with van der Waals surface area (Å²) in [7, 11) is 0. The normalized spacial score (nSPS) is 56.2. The highest BCUT2D eigenvalue weighted by atomic mass is 16.6. The Balaban J connectivity index is 1.50. The monoisotopic (exact) mass is 402 g/mol. The van der Waals surface area contributed by atoms with E-state index in [1.807, 2.05) is 0 Å². The fraction of sp³-hybridized carbons (Fsp3) is 0.920. The molecular weight excluding hydrogens is 364 g/mol. The number of ketones is 1. The molecule has 0 spiro atoms. The van der Waals surface area contributed by atoms with Gasteiger partial charge in [-0.2, -0.15) is 0 Å². The lowest BCUT2D eigenvalue weighted by molar-refractivity contribution is -0.169. The number of hydrogen-bond donors (Lipinski definition) is 0. The summed E-state index contributed by atoms with van der Waals surface area (Å²) in [6, 6.07) is 0. The lowest BCUT2D eigenvalue weighted by atomic mass is 9.42. The Morgan fingerprint density at radius 2 is 1.83 bits per heavy atom. The molecule has 11 atom stereocenters. The summed E-state index contributed by atoms with van der Waals surface area (Å²) < 4.78 is 11.9. The van der Waals surface area contributed by atoms with E-state index in [1.54, 1.807) is 6.92 Å². The van der Waals surface area contributed by atoms with Crippen LogP contribution in [0.15, 0.2) is 0 Å². The van der Waals surface area contributed by atoms with Crippen molar-refractivity contribution in [2.75, 3.05) is 0 Å². The highest BCUT2D eigenvalue weighted by Crippen LogP contribution is 2.69. The molecule has 0 aromatic rings. The van der Waals surface area contributed by atoms with Crippen molar-refractivity contribution in [3.8, 4) is 0 Å². The number of fused-ring (bicyclic) bond motifs is 5. The maximum atomic E-state index is 12.3. The second-order valence-electron chi connectivity index (χ2n) is 11.6. The molecule has 1 heterocycles. The average Bonchev–Trinajstić information content (AvgIpc) is 3.29. The van der Waals surface area contributed by atoms with Gasteiger partial charge in [-0.1, -0.05) is 20.8 Å². The fourth-order valence-corrected chi connectivity index (χ4v) is 8.97. The van der Waals surface area contributed by atoms with Crippen molar-refractivity contribution >= 4 is 11.8 Å². The van der Waals surface area contributed by atoms with Crippen LogP contribution in [0.25, 0.3) is 0 Å². The largest absolute Gasteiger partial charge is 0.462 e. The predicted molar refractivity (Wildman–Crippen MR) is 110 cm³/mol. The molecule has 0 amide bonds. The number of rotatable bonds is 2. The van der Waals surface area contributed by atoms with Crippen molar-refractivity contribution in [3.63, 3.8) is 0 Å². The van der Waals surface area contributed by atoms with Gasteiger partial charge in [-0.3, -0.25) is 9.59 Å². The molecule has 0 bridgehead atoms. The highest BCUT2D eigenvalue weighted by Gasteiger charge is 2.67. The van der Waals surface area contributed by atoms with Crippen molar-refractivity contribution in [2.45, 2.75) is 97.9 Å². The van der Waals surface area contributed by atoms with Gasteiger partial charge in [-0.05, 0) is 80.0 Å². The number of hydrogen-bond acceptors (Lipinski definition) is 4. The molecular formula is C25H38O4. The summed E-state index contributed by atoms with van der Waals surface area (Å²) >= 11 is 0. The van der Waals surface area contributed by atoms with E-state index in [0.717, 1.165) is 25.7 Å². The third-order valence-corrected chi connectivity index (χ3v) is 10.5. The Kier molecular flexibility index (Phi) is 4.52. The molecule has 5 rings (SSSR count). The van der Waals surface area contributed by atoms with E-state index in [0.29, 0.717) is 53.5 Å². The van der Waals surface area contributed by atoms with E-state index in [2.05, 4.69) is 27.7 Å². The van der Waals surface area contributed by atoms with Gasteiger partial charge in [0.05, 0.1) is 12.2 Å². The maximum absolute atomic E-state index is 12.3. The van der Waals surface area contributed by atoms with Crippen LogP contribution in [0, 0.1) is 46.3 Å². The third kappa shape index (κ3) is 2.80. The van der Waals surface area contributed by atoms with Gasteiger partial charge >= 0.3 is 5.97 Å². The van der Waals surface area contributed by atoms with Gasteiger partial charge in [0.15, 0.2) is 0 Å². The van der Waals surface area contributed by atoms with Crippen LogP contribution >= 0.6 is 0 Å². The average molecular weight is 403 g/mol. The fourth-order valence-electron chi connectivity index (χ4n) is 8.97. The minimum Gasteiger partial charge on any atom is -0.462 e. The van der Waals surface area contributed by atoms with Crippen molar-refractivity contribution in [1.82, 2.24) is 0 Å². The minimum absolute atomic E-state index is 0.0308. The number of carbonyl (C=O) groups is 2. The van der Waals surface area contributed by atoms with Crippen LogP contribution in [-0.2, 0) is 19.1 Å². The van der Waals surface area contributed by atoms with Gasteiger partial charge in [-0.25, -0.2) is 0 Å². The molecule has 4 nitrogen and oxygen atoms in total. The van der Waals surface area contributed by atoms with Crippen LogP contribution < -0.4 is 0 Å². The Morgan fingerprint density at radius 1 is 1.10 bits per heavy atom. The van der Waals surface area contributed by atoms with Crippen LogP contribution in [0.5, 0.6) is 0 Å². The quantitative estimate of drug-likeness (QED) is 0.492. The highest BCUT2D eigenvalue weighted by molar-refractivity contribution is 5.80. The molecule has 4 aliphatic carbocycles. The Bertz CT molecular complexity index is 718. The van der Waals surface area contributed by atoms with Crippen molar-refractivity contribution in [3.05, 3.63) is 0 Å². The summed E-state index contributed by atoms with van der Waals surface area (Å²) in [6.07, 6.45) is 8.02. The molecule has 162 valence electrons. The summed E-state index contributed by atoms with van der Waals surface area (Å²) in [6.45, 7) is 11.0. The van der Waals surface area contributed by atoms with Crippen LogP contribution in [0.3, 0.4) is 0 Å². The van der Waals surface area contributed by atoms with Gasteiger partial charge in [0.25, 0.3) is 0 Å². The molecule has 6 unspecified atom stereocenters. The standard InChI is InChI=1S/C25H38O4/c1-13-10-17(27)11-16-6-7-18-20(25(13,16)5)8-9-24(4)21(29-15(3)26)12-19(22(18)24)23-14(2)28-23/h13-14,16,18-23H,6-12H2,1-5H3/t13?,14?,16?,18-,19?,20-,21?,22-,23?,24-,25+/m1/s1. The SMILES string of the molecule is CC(=O)OC1CC(C2OC2C)[C@H]2[C@@H]3CCC4CC(=O)CC(C)[C@]4(C)[C@@H]3CC[C@]12C. The van der Waals surface area contributed by atoms with Crippen molar-refractivity contribution < 1.29 is 19.1 Å². The van der Waals surface area contributed by atoms with Gasteiger partial charge in [0.1, 0.15) is 11.9 Å². The zero-order chi connectivity index (χ0) is 20.7. The first kappa shape index (κ1) is 20.0. The van der Waals surface area contributed by atoms with E-state index in [9.17, 15) is 9.59 Å². The van der Waals surface area contributed by atoms with E-state index in [4.69, 9.17) is 9.47 Å². The second kappa shape index (κ2) is 6.55. The summed E-state index contributed by atoms with van der Waals surface area (Å²) in [5.74, 6) is 3.82. The molecule has 4 saturated carbocycles. The molecule has 29 heavy (non-hydrogen) atoms. The zero-order valence-corrected chi connectivity index (χ0v) is 18.8. The molecule has 1 aliphatic heterocycles. The first-order valence-electron chi connectivity index (χ1n) is 12.0. The Morgan fingerprint density at radius 3 is 2.48 bits per heavy atom. The molecule has 1 saturated heterocycles. The molecule has 5 fully saturated rings. The molecule has 4 heteroatoms. The number of epoxide rings is 1. The maximum Gasteiger partial charge on any atom is 0.302 e.